The van der Waals surface area contributed by atoms with Crippen molar-refractivity contribution < 1.29 is 9.53 Å². The van der Waals surface area contributed by atoms with Crippen molar-refractivity contribution in [3.63, 3.8) is 0 Å². The molecule has 17 heavy (non-hydrogen) atoms. The zero-order valence-electron chi connectivity index (χ0n) is 11.2. The van der Waals surface area contributed by atoms with E-state index in [2.05, 4.69) is 25.1 Å². The minimum atomic E-state index is 0.0889. The van der Waals surface area contributed by atoms with Gasteiger partial charge in [0, 0.05) is 19.7 Å². The highest BCUT2D eigenvalue weighted by atomic mass is 16.5. The van der Waals surface area contributed by atoms with Crippen molar-refractivity contribution in [1.82, 2.24) is 10.2 Å². The lowest BCUT2D eigenvalue weighted by molar-refractivity contribution is -0.133. The maximum Gasteiger partial charge on any atom is 0.236 e. The molecule has 0 aliphatic carbocycles. The third-order valence-electron chi connectivity index (χ3n) is 2.74. The highest BCUT2D eigenvalue weighted by molar-refractivity contribution is 5.78. The van der Waals surface area contributed by atoms with Crippen LogP contribution in [0.1, 0.15) is 26.7 Å². The van der Waals surface area contributed by atoms with Gasteiger partial charge in [0.05, 0.1) is 19.7 Å². The molecule has 1 amide bonds. The largest absolute Gasteiger partial charge is 0.383 e. The molecule has 0 unspecified atom stereocenters. The molecular formula is C13H24N2O2. The Kier molecular flexibility index (Phi) is 9.50. The van der Waals surface area contributed by atoms with Gasteiger partial charge in [-0.15, -0.1) is 6.42 Å². The van der Waals surface area contributed by atoms with Gasteiger partial charge < -0.3 is 9.64 Å². The molecule has 0 spiro atoms. The second-order valence-electron chi connectivity index (χ2n) is 3.86. The van der Waals surface area contributed by atoms with Crippen LogP contribution < -0.4 is 5.32 Å². The zero-order valence-corrected chi connectivity index (χ0v) is 11.2. The number of methoxy groups -OCH3 is 1. The van der Waals surface area contributed by atoms with Crippen molar-refractivity contribution in [3.8, 4) is 12.3 Å². The summed E-state index contributed by atoms with van der Waals surface area (Å²) in [6, 6.07) is 0.283. The Morgan fingerprint density at radius 1 is 1.47 bits per heavy atom. The molecular weight excluding hydrogens is 216 g/mol. The van der Waals surface area contributed by atoms with Crippen LogP contribution in [0.5, 0.6) is 0 Å². The van der Waals surface area contributed by atoms with Crippen LogP contribution in [-0.4, -0.2) is 50.2 Å². The van der Waals surface area contributed by atoms with Crippen LogP contribution in [0.4, 0.5) is 0 Å². The third-order valence-corrected chi connectivity index (χ3v) is 2.74. The van der Waals surface area contributed by atoms with E-state index in [1.807, 2.05) is 4.90 Å². The molecule has 1 N–H and O–H groups in total. The van der Waals surface area contributed by atoms with Gasteiger partial charge >= 0.3 is 0 Å². The van der Waals surface area contributed by atoms with Gasteiger partial charge in [-0.1, -0.05) is 19.8 Å². The standard InChI is InChI=1S/C13H24N2O2/c1-5-8-14-11-13(16)15(9-10-17-4)12(6-2)7-3/h1,12,14H,6-11H2,2-4H3. The first-order chi connectivity index (χ1) is 8.21. The van der Waals surface area contributed by atoms with E-state index in [4.69, 9.17) is 11.2 Å². The summed E-state index contributed by atoms with van der Waals surface area (Å²) in [7, 11) is 1.64. The number of nitrogens with one attached hydrogen (secondary N) is 1. The first-order valence-corrected chi connectivity index (χ1v) is 6.13. The van der Waals surface area contributed by atoms with E-state index in [9.17, 15) is 4.79 Å². The monoisotopic (exact) mass is 240 g/mol. The van der Waals surface area contributed by atoms with Crippen LogP contribution in [-0.2, 0) is 9.53 Å². The van der Waals surface area contributed by atoms with Crippen molar-refractivity contribution in [2.45, 2.75) is 32.7 Å². The molecule has 0 aromatic rings. The number of hydrogen-bond donors (Lipinski definition) is 1. The van der Waals surface area contributed by atoms with Crippen molar-refractivity contribution in [3.05, 3.63) is 0 Å². The Labute approximate surface area is 105 Å². The Morgan fingerprint density at radius 3 is 2.59 bits per heavy atom. The van der Waals surface area contributed by atoms with E-state index >= 15 is 0 Å². The highest BCUT2D eigenvalue weighted by Crippen LogP contribution is 2.08. The van der Waals surface area contributed by atoms with Crippen molar-refractivity contribution in [2.24, 2.45) is 0 Å². The van der Waals surface area contributed by atoms with Crippen molar-refractivity contribution >= 4 is 5.91 Å². The number of hydrogen-bond acceptors (Lipinski definition) is 3. The predicted octanol–water partition coefficient (Wildman–Crippen LogP) is 0.873. The predicted molar refractivity (Wildman–Crippen MR) is 69.7 cm³/mol. The van der Waals surface area contributed by atoms with E-state index in [1.165, 1.54) is 0 Å². The maximum absolute atomic E-state index is 12.0. The van der Waals surface area contributed by atoms with Crippen LogP contribution in [0, 0.1) is 12.3 Å². The molecule has 0 fully saturated rings. The highest BCUT2D eigenvalue weighted by Gasteiger charge is 2.19. The SMILES string of the molecule is C#CCNCC(=O)N(CCOC)C(CC)CC. The lowest BCUT2D eigenvalue weighted by atomic mass is 10.1. The van der Waals surface area contributed by atoms with Gasteiger partial charge in [-0.2, -0.15) is 0 Å². The van der Waals surface area contributed by atoms with Gasteiger partial charge in [0.25, 0.3) is 0 Å². The fourth-order valence-corrected chi connectivity index (χ4v) is 1.77. The fraction of sp³-hybridized carbons (Fsp3) is 0.769. The first kappa shape index (κ1) is 16.0. The molecule has 0 rings (SSSR count). The fourth-order valence-electron chi connectivity index (χ4n) is 1.77. The summed E-state index contributed by atoms with van der Waals surface area (Å²) >= 11 is 0. The van der Waals surface area contributed by atoms with Crippen LogP contribution in [0.15, 0.2) is 0 Å². The molecule has 4 nitrogen and oxygen atoms in total. The average Bonchev–Trinajstić information content (AvgIpc) is 2.34. The van der Waals surface area contributed by atoms with Crippen LogP contribution in [0.25, 0.3) is 0 Å². The smallest absolute Gasteiger partial charge is 0.236 e. The molecule has 0 bridgehead atoms. The minimum Gasteiger partial charge on any atom is -0.383 e. The number of amides is 1. The van der Waals surface area contributed by atoms with E-state index in [-0.39, 0.29) is 11.9 Å². The molecule has 0 aliphatic heterocycles. The second kappa shape index (κ2) is 10.1. The quantitative estimate of drug-likeness (QED) is 0.480. The van der Waals surface area contributed by atoms with Gasteiger partial charge in [0.1, 0.15) is 0 Å². The molecule has 4 heteroatoms. The number of nitrogens with zero attached hydrogens (tertiary/aromatic N) is 1. The number of rotatable bonds is 9. The van der Waals surface area contributed by atoms with Crippen LogP contribution in [0.2, 0.25) is 0 Å². The first-order valence-electron chi connectivity index (χ1n) is 6.13. The van der Waals surface area contributed by atoms with Crippen LogP contribution >= 0.6 is 0 Å². The molecule has 0 saturated carbocycles. The minimum absolute atomic E-state index is 0.0889. The van der Waals surface area contributed by atoms with Crippen molar-refractivity contribution in [1.29, 1.82) is 0 Å². The topological polar surface area (TPSA) is 41.6 Å². The normalized spacial score (nSPS) is 10.3. The third kappa shape index (κ3) is 6.30. The summed E-state index contributed by atoms with van der Waals surface area (Å²) in [6.07, 6.45) is 7.04. The Balaban J connectivity index is 4.33. The maximum atomic E-state index is 12.0. The van der Waals surface area contributed by atoms with E-state index < -0.39 is 0 Å². The molecule has 0 atom stereocenters. The molecule has 0 radical (unpaired) electrons. The van der Waals surface area contributed by atoms with Gasteiger partial charge in [0.2, 0.25) is 5.91 Å². The average molecular weight is 240 g/mol. The van der Waals surface area contributed by atoms with Gasteiger partial charge in [-0.05, 0) is 12.8 Å². The molecule has 0 aliphatic rings. The van der Waals surface area contributed by atoms with Gasteiger partial charge in [-0.25, -0.2) is 0 Å². The van der Waals surface area contributed by atoms with Gasteiger partial charge in [-0.3, -0.25) is 10.1 Å². The summed E-state index contributed by atoms with van der Waals surface area (Å²) in [4.78, 5) is 13.9. The van der Waals surface area contributed by atoms with E-state index in [0.29, 0.717) is 26.2 Å². The van der Waals surface area contributed by atoms with E-state index in [1.54, 1.807) is 7.11 Å². The molecule has 98 valence electrons. The number of carbonyl (C=O) groups is 1. The van der Waals surface area contributed by atoms with Gasteiger partial charge in [0.15, 0.2) is 0 Å². The lowest BCUT2D eigenvalue weighted by Gasteiger charge is -2.30. The summed E-state index contributed by atoms with van der Waals surface area (Å²) in [6.45, 7) is 6.11. The van der Waals surface area contributed by atoms with Crippen molar-refractivity contribution in [2.75, 3.05) is 33.4 Å². The Morgan fingerprint density at radius 2 is 2.12 bits per heavy atom. The van der Waals surface area contributed by atoms with Crippen LogP contribution in [0.3, 0.4) is 0 Å². The summed E-state index contributed by atoms with van der Waals surface area (Å²) in [5.74, 6) is 2.54. The number of ether oxygens (including phenoxy) is 1. The lowest BCUT2D eigenvalue weighted by Crippen LogP contribution is -2.45. The summed E-state index contributed by atoms with van der Waals surface area (Å²) in [5, 5.41) is 2.93. The molecule has 0 saturated heterocycles. The second-order valence-corrected chi connectivity index (χ2v) is 3.86. The zero-order chi connectivity index (χ0) is 13.1. The molecule has 0 heterocycles. The summed E-state index contributed by atoms with van der Waals surface area (Å²) < 4.78 is 5.04. The molecule has 0 aromatic heterocycles. The summed E-state index contributed by atoms with van der Waals surface area (Å²) in [5.41, 5.74) is 0. The number of carbonyl (C=O) groups excluding carboxylic acids is 1. The van der Waals surface area contributed by atoms with E-state index in [0.717, 1.165) is 12.8 Å². The number of terminal acetylenes is 1. The Bertz CT molecular complexity index is 244. The Hall–Kier alpha value is -1.05. The molecule has 0 aromatic carbocycles.